The van der Waals surface area contributed by atoms with Crippen molar-refractivity contribution < 1.29 is 27.7 Å². The predicted octanol–water partition coefficient (Wildman–Crippen LogP) is 6.15. The molecule has 3 saturated heterocycles. The molecule has 4 aliphatic heterocycles. The number of anilines is 2. The van der Waals surface area contributed by atoms with Crippen LogP contribution in [0.25, 0.3) is 32.1 Å². The van der Waals surface area contributed by atoms with Crippen LogP contribution in [-0.2, 0) is 9.47 Å². The Morgan fingerprint density at radius 3 is 2.92 bits per heavy atom. The molecule has 0 aliphatic carbocycles. The zero-order chi connectivity index (χ0) is 33.3. The normalized spacial score (nSPS) is 25.4. The Morgan fingerprint density at radius 1 is 1.25 bits per heavy atom. The predicted molar refractivity (Wildman–Crippen MR) is 180 cm³/mol. The second kappa shape index (κ2) is 12.1. The van der Waals surface area contributed by atoms with Crippen LogP contribution < -0.4 is 20.1 Å². The van der Waals surface area contributed by atoms with Crippen molar-refractivity contribution in [2.75, 3.05) is 63.8 Å². The van der Waals surface area contributed by atoms with Crippen LogP contribution in [0.15, 0.2) is 12.1 Å². The van der Waals surface area contributed by atoms with E-state index in [1.807, 2.05) is 0 Å². The van der Waals surface area contributed by atoms with Gasteiger partial charge in [-0.2, -0.15) is 15.2 Å². The van der Waals surface area contributed by atoms with Crippen molar-refractivity contribution in [2.24, 2.45) is 5.92 Å². The van der Waals surface area contributed by atoms with Crippen molar-refractivity contribution in [3.8, 4) is 29.0 Å². The van der Waals surface area contributed by atoms with Gasteiger partial charge in [-0.25, -0.2) is 8.78 Å². The Hall–Kier alpha value is -3.54. The average Bonchev–Trinajstić information content (AvgIpc) is 3.71. The summed E-state index contributed by atoms with van der Waals surface area (Å²) in [4.78, 5) is 14.2. The summed E-state index contributed by atoms with van der Waals surface area (Å²) in [6, 6.07) is 4.64. The molecule has 2 aromatic heterocycles. The van der Waals surface area contributed by atoms with Gasteiger partial charge in [0.25, 0.3) is 0 Å². The molecule has 4 atom stereocenters. The maximum Gasteiger partial charge on any atom is 0.319 e. The largest absolute Gasteiger partial charge is 0.491 e. The van der Waals surface area contributed by atoms with Crippen LogP contribution in [0, 0.1) is 28.9 Å². The first-order valence-corrected chi connectivity index (χ1v) is 17.4. The van der Waals surface area contributed by atoms with Crippen molar-refractivity contribution in [1.82, 2.24) is 14.9 Å². The lowest BCUT2D eigenvalue weighted by Gasteiger charge is -2.42. The van der Waals surface area contributed by atoms with Gasteiger partial charge in [0.15, 0.2) is 11.6 Å². The number of ether oxygens (including phenoxy) is 4. The number of benzene rings is 2. The number of aromatic nitrogens is 2. The monoisotopic (exact) mass is 696 g/mol. The maximum absolute atomic E-state index is 17.3. The highest BCUT2D eigenvalue weighted by Crippen LogP contribution is 2.51. The number of methoxy groups -OCH3 is 1. The van der Waals surface area contributed by atoms with Crippen LogP contribution in [0.4, 0.5) is 19.6 Å². The van der Waals surface area contributed by atoms with Gasteiger partial charge in [-0.05, 0) is 43.4 Å². The van der Waals surface area contributed by atoms with E-state index in [0.717, 1.165) is 43.7 Å². The lowest BCUT2D eigenvalue weighted by Crippen LogP contribution is -2.52. The molecule has 0 saturated carbocycles. The van der Waals surface area contributed by atoms with Crippen molar-refractivity contribution in [2.45, 2.75) is 50.3 Å². The Kier molecular flexibility index (Phi) is 8.00. The number of nitriles is 1. The maximum atomic E-state index is 17.3. The fourth-order valence-electron chi connectivity index (χ4n) is 8.25. The second-order valence-electron chi connectivity index (χ2n) is 13.4. The molecule has 8 rings (SSSR count). The lowest BCUT2D eigenvalue weighted by molar-refractivity contribution is -0.0273. The van der Waals surface area contributed by atoms with Crippen molar-refractivity contribution in [3.63, 3.8) is 0 Å². The number of nitrogens with two attached hydrogens (primary N) is 1. The summed E-state index contributed by atoms with van der Waals surface area (Å²) in [6.45, 7) is 6.17. The molecule has 252 valence electrons. The highest BCUT2D eigenvalue weighted by molar-refractivity contribution is 7.23. The molecule has 48 heavy (non-hydrogen) atoms. The molecule has 0 spiro atoms. The van der Waals surface area contributed by atoms with Gasteiger partial charge in [-0.15, -0.1) is 11.3 Å². The standard InChI is InChI=1S/C34H35ClF2N6O4S/c1-17-10-34(7-3-8-42(34)12-17)16-47-33-40-28-25-29(45-9-6-18-14-46-19(15-44-2)13-43(18)32(25)41-33)26(35)24(27(28)37)20-4-5-22(36)30-23(20)21(11-38)31(39)48-30/h4-5,17-19H,3,6-10,12-16,39H2,1-2H3/t17-,18?,19?,34+/m1/s1. The molecular weight excluding hydrogens is 662 g/mol. The van der Waals surface area contributed by atoms with E-state index in [1.165, 1.54) is 12.1 Å². The topological polar surface area (TPSA) is 119 Å². The van der Waals surface area contributed by atoms with E-state index >= 15 is 8.78 Å². The second-order valence-corrected chi connectivity index (χ2v) is 14.8. The fraction of sp³-hybridized carbons (Fsp3) is 0.500. The Morgan fingerprint density at radius 2 is 2.10 bits per heavy atom. The molecule has 14 heteroatoms. The first kappa shape index (κ1) is 31.7. The van der Waals surface area contributed by atoms with Gasteiger partial charge in [-0.3, -0.25) is 4.90 Å². The summed E-state index contributed by atoms with van der Waals surface area (Å²) in [5, 5.41) is 10.6. The first-order valence-electron chi connectivity index (χ1n) is 16.2. The van der Waals surface area contributed by atoms with Crippen LogP contribution in [0.1, 0.15) is 38.2 Å². The summed E-state index contributed by atoms with van der Waals surface area (Å²) in [6.07, 6.45) is 3.46. The van der Waals surface area contributed by atoms with Gasteiger partial charge >= 0.3 is 6.01 Å². The number of halogens is 3. The number of fused-ring (bicyclic) bond motifs is 4. The van der Waals surface area contributed by atoms with Gasteiger partial charge in [0.05, 0.1) is 58.2 Å². The molecule has 0 amide bonds. The minimum Gasteiger partial charge on any atom is -0.491 e. The van der Waals surface area contributed by atoms with E-state index in [9.17, 15) is 5.26 Å². The third kappa shape index (κ3) is 4.95. The van der Waals surface area contributed by atoms with E-state index in [2.05, 4.69) is 22.8 Å². The minimum absolute atomic E-state index is 0.0272. The Bertz CT molecular complexity index is 1990. The van der Waals surface area contributed by atoms with Crippen LogP contribution in [0.2, 0.25) is 5.02 Å². The molecule has 2 aromatic carbocycles. The average molecular weight is 697 g/mol. The fourth-order valence-corrected chi connectivity index (χ4v) is 9.53. The molecule has 4 aliphatic rings. The van der Waals surface area contributed by atoms with Crippen molar-refractivity contribution in [3.05, 3.63) is 34.4 Å². The molecule has 3 fully saturated rings. The van der Waals surface area contributed by atoms with Gasteiger partial charge in [0.2, 0.25) is 0 Å². The molecule has 0 bridgehead atoms. The minimum atomic E-state index is -0.758. The molecular formula is C34H35ClF2N6O4S. The summed E-state index contributed by atoms with van der Waals surface area (Å²) >= 11 is 8.02. The molecule has 0 radical (unpaired) electrons. The van der Waals surface area contributed by atoms with Crippen LogP contribution in [-0.4, -0.2) is 85.7 Å². The quantitative estimate of drug-likeness (QED) is 0.251. The number of morpholine rings is 1. The summed E-state index contributed by atoms with van der Waals surface area (Å²) in [7, 11) is 1.62. The summed E-state index contributed by atoms with van der Waals surface area (Å²) in [5.74, 6) is -0.131. The third-order valence-electron chi connectivity index (χ3n) is 10.3. The molecule has 4 aromatic rings. The first-order chi connectivity index (χ1) is 23.2. The smallest absolute Gasteiger partial charge is 0.319 e. The lowest BCUT2D eigenvalue weighted by atomic mass is 9.92. The van der Waals surface area contributed by atoms with E-state index in [1.54, 1.807) is 7.11 Å². The van der Waals surface area contributed by atoms with Crippen molar-refractivity contribution >= 4 is 54.7 Å². The highest BCUT2D eigenvalue weighted by atomic mass is 35.5. The van der Waals surface area contributed by atoms with Crippen molar-refractivity contribution in [1.29, 1.82) is 5.26 Å². The van der Waals surface area contributed by atoms with Gasteiger partial charge in [0, 0.05) is 37.6 Å². The number of thiophene rings is 1. The number of nitrogen functional groups attached to an aromatic ring is 1. The Labute approximate surface area is 285 Å². The SMILES string of the molecule is COCC1CN2c3nc(OC[C@@]45CCCN4C[C@H](C)C5)nc4c(F)c(-c5ccc(F)c6sc(N)c(C#N)c56)c(Cl)c(c34)OCCC2CO1. The molecule has 2 N–H and O–H groups in total. The van der Waals surface area contributed by atoms with E-state index in [-0.39, 0.29) is 78.4 Å². The Balaban J connectivity index is 1.35. The van der Waals surface area contributed by atoms with Gasteiger partial charge in [-0.1, -0.05) is 24.6 Å². The molecule has 2 unspecified atom stereocenters. The zero-order valence-electron chi connectivity index (χ0n) is 26.7. The van der Waals surface area contributed by atoms with E-state index in [4.69, 9.17) is 46.3 Å². The van der Waals surface area contributed by atoms with Crippen LogP contribution in [0.5, 0.6) is 11.8 Å². The number of hydrogen-bond donors (Lipinski definition) is 1. The van der Waals surface area contributed by atoms with E-state index in [0.29, 0.717) is 49.9 Å². The number of hydrogen-bond acceptors (Lipinski definition) is 11. The highest BCUT2D eigenvalue weighted by Gasteiger charge is 2.48. The molecule has 6 heterocycles. The third-order valence-corrected chi connectivity index (χ3v) is 11.7. The van der Waals surface area contributed by atoms with E-state index < -0.39 is 11.6 Å². The number of rotatable bonds is 6. The van der Waals surface area contributed by atoms with Gasteiger partial charge in [0.1, 0.15) is 34.8 Å². The van der Waals surface area contributed by atoms with Gasteiger partial charge < -0.3 is 29.6 Å². The van der Waals surface area contributed by atoms with Crippen LogP contribution >= 0.6 is 22.9 Å². The summed E-state index contributed by atoms with van der Waals surface area (Å²) < 4.78 is 56.7. The number of nitrogens with zero attached hydrogens (tertiary/aromatic N) is 5. The molecule has 10 nitrogen and oxygen atoms in total. The van der Waals surface area contributed by atoms with Crippen LogP contribution in [0.3, 0.4) is 0 Å². The zero-order valence-corrected chi connectivity index (χ0v) is 28.2. The summed E-state index contributed by atoms with van der Waals surface area (Å²) in [5.41, 5.74) is 6.19.